The Labute approximate surface area is 163 Å². The molecule has 0 fully saturated rings. The molecule has 2 amide bonds. The Kier molecular flexibility index (Phi) is 7.28. The number of carbonyl (C=O) groups is 3. The molecule has 0 aliphatic heterocycles. The molecular weight excluding hydrogens is 358 g/mol. The Morgan fingerprint density at radius 3 is 2.43 bits per heavy atom. The normalized spacial score (nSPS) is 9.89. The third-order valence-electron chi connectivity index (χ3n) is 4.12. The van der Waals surface area contributed by atoms with Crippen LogP contribution in [-0.4, -0.2) is 37.5 Å². The van der Waals surface area contributed by atoms with Gasteiger partial charge in [-0.1, -0.05) is 24.3 Å². The van der Waals surface area contributed by atoms with Gasteiger partial charge in [-0.25, -0.2) is 0 Å². The minimum absolute atomic E-state index is 0.163. The van der Waals surface area contributed by atoms with Crippen molar-refractivity contribution >= 4 is 23.5 Å². The first-order chi connectivity index (χ1) is 13.4. The van der Waals surface area contributed by atoms with Crippen LogP contribution in [0.5, 0.6) is 0 Å². The minimum Gasteiger partial charge on any atom is -0.454 e. The number of nitriles is 1. The number of ether oxygens (including phenoxy) is 1. The number of aryl methyl sites for hydroxylation is 2. The second-order valence-corrected chi connectivity index (χ2v) is 6.12. The molecule has 28 heavy (non-hydrogen) atoms. The van der Waals surface area contributed by atoms with Gasteiger partial charge in [-0.05, 0) is 49.2 Å². The highest BCUT2D eigenvalue weighted by Crippen LogP contribution is 2.13. The van der Waals surface area contributed by atoms with Crippen molar-refractivity contribution < 1.29 is 19.1 Å². The number of anilines is 1. The molecule has 2 rings (SSSR count). The second kappa shape index (κ2) is 9.88. The number of hydrogen-bond donors (Lipinski definition) is 1. The van der Waals surface area contributed by atoms with Crippen LogP contribution < -0.4 is 10.2 Å². The van der Waals surface area contributed by atoms with Crippen molar-refractivity contribution in [3.63, 3.8) is 0 Å². The zero-order chi connectivity index (χ0) is 20.5. The van der Waals surface area contributed by atoms with Crippen LogP contribution in [0.2, 0.25) is 0 Å². The number of nitrogens with zero attached hydrogens (tertiary/aromatic N) is 2. The highest BCUT2D eigenvalue weighted by Gasteiger charge is 2.17. The number of amides is 2. The Balaban J connectivity index is 1.85. The molecule has 0 spiro atoms. The second-order valence-electron chi connectivity index (χ2n) is 6.12. The number of para-hydroxylation sites is 1. The third kappa shape index (κ3) is 5.68. The van der Waals surface area contributed by atoms with Gasteiger partial charge < -0.3 is 10.1 Å². The average Bonchev–Trinajstić information content (AvgIpc) is 2.71. The molecule has 2 aromatic carbocycles. The van der Waals surface area contributed by atoms with Gasteiger partial charge in [-0.15, -0.1) is 0 Å². The molecule has 1 N–H and O–H groups in total. The van der Waals surface area contributed by atoms with E-state index in [9.17, 15) is 14.4 Å². The number of rotatable bonds is 7. The predicted molar refractivity (Wildman–Crippen MR) is 104 cm³/mol. The summed E-state index contributed by atoms with van der Waals surface area (Å²) in [6, 6.07) is 15.8. The van der Waals surface area contributed by atoms with Crippen molar-refractivity contribution in [2.24, 2.45) is 0 Å². The molecule has 0 radical (unpaired) electrons. The van der Waals surface area contributed by atoms with E-state index >= 15 is 0 Å². The molecule has 144 valence electrons. The van der Waals surface area contributed by atoms with Crippen molar-refractivity contribution in [2.75, 3.05) is 24.6 Å². The molecule has 0 saturated carbocycles. The molecule has 0 aliphatic rings. The van der Waals surface area contributed by atoms with Gasteiger partial charge in [0.25, 0.3) is 11.8 Å². The lowest BCUT2D eigenvalue weighted by atomic mass is 10.1. The van der Waals surface area contributed by atoms with Crippen LogP contribution in [0.3, 0.4) is 0 Å². The molecule has 0 bridgehead atoms. The topological polar surface area (TPSA) is 99.5 Å². The van der Waals surface area contributed by atoms with Crippen molar-refractivity contribution in [3.8, 4) is 6.07 Å². The molecule has 0 aromatic heterocycles. The van der Waals surface area contributed by atoms with Gasteiger partial charge in [0.15, 0.2) is 6.61 Å². The van der Waals surface area contributed by atoms with Gasteiger partial charge in [0.1, 0.15) is 13.1 Å². The Morgan fingerprint density at radius 2 is 1.79 bits per heavy atom. The van der Waals surface area contributed by atoms with Crippen molar-refractivity contribution in [2.45, 2.75) is 13.8 Å². The SMILES string of the molecule is Cc1ccc(C(=O)NCC(=O)OCC(=O)N(CC#N)c2ccccc2)cc1C. The predicted octanol–water partition coefficient (Wildman–Crippen LogP) is 2.13. The van der Waals surface area contributed by atoms with Gasteiger partial charge in [0.05, 0.1) is 6.07 Å². The summed E-state index contributed by atoms with van der Waals surface area (Å²) in [6.45, 7) is 2.80. The van der Waals surface area contributed by atoms with E-state index in [1.807, 2.05) is 26.0 Å². The highest BCUT2D eigenvalue weighted by atomic mass is 16.5. The van der Waals surface area contributed by atoms with E-state index in [2.05, 4.69) is 5.32 Å². The smallest absolute Gasteiger partial charge is 0.325 e. The van der Waals surface area contributed by atoms with Gasteiger partial charge in [-0.2, -0.15) is 5.26 Å². The maximum atomic E-state index is 12.3. The molecule has 0 unspecified atom stereocenters. The lowest BCUT2D eigenvalue weighted by Gasteiger charge is -2.19. The van der Waals surface area contributed by atoms with E-state index in [1.165, 1.54) is 4.90 Å². The van der Waals surface area contributed by atoms with Crippen LogP contribution in [0.15, 0.2) is 48.5 Å². The van der Waals surface area contributed by atoms with Gasteiger partial charge in [0.2, 0.25) is 0 Å². The fraction of sp³-hybridized carbons (Fsp3) is 0.238. The number of carbonyl (C=O) groups excluding carboxylic acids is 3. The fourth-order valence-corrected chi connectivity index (χ4v) is 2.41. The van der Waals surface area contributed by atoms with Crippen molar-refractivity contribution in [1.29, 1.82) is 5.26 Å². The highest BCUT2D eigenvalue weighted by molar-refractivity contribution is 5.97. The van der Waals surface area contributed by atoms with Crippen LogP contribution in [-0.2, 0) is 14.3 Å². The monoisotopic (exact) mass is 379 g/mol. The molecule has 7 heteroatoms. The van der Waals surface area contributed by atoms with Crippen molar-refractivity contribution in [1.82, 2.24) is 5.32 Å². The Bertz CT molecular complexity index is 904. The molecule has 2 aromatic rings. The summed E-state index contributed by atoms with van der Waals surface area (Å²) < 4.78 is 4.93. The van der Waals surface area contributed by atoms with E-state index < -0.39 is 24.4 Å². The standard InChI is InChI=1S/C21H21N3O4/c1-15-8-9-17(12-16(15)2)21(27)23-13-20(26)28-14-19(25)24(11-10-22)18-6-4-3-5-7-18/h3-9,12H,11,13-14H2,1-2H3,(H,23,27). The molecule has 0 saturated heterocycles. The summed E-state index contributed by atoms with van der Waals surface area (Å²) in [5.74, 6) is -1.67. The third-order valence-corrected chi connectivity index (χ3v) is 4.12. The first-order valence-corrected chi connectivity index (χ1v) is 8.66. The average molecular weight is 379 g/mol. The van der Waals surface area contributed by atoms with Crippen LogP contribution in [0.25, 0.3) is 0 Å². The fourth-order valence-electron chi connectivity index (χ4n) is 2.41. The van der Waals surface area contributed by atoms with E-state index in [-0.39, 0.29) is 13.1 Å². The first kappa shape index (κ1) is 20.6. The maximum absolute atomic E-state index is 12.3. The van der Waals surface area contributed by atoms with E-state index in [0.717, 1.165) is 11.1 Å². The number of esters is 1. The molecular formula is C21H21N3O4. The number of benzene rings is 2. The number of nitrogens with one attached hydrogen (secondary N) is 1. The summed E-state index contributed by atoms with van der Waals surface area (Å²) >= 11 is 0. The molecule has 7 nitrogen and oxygen atoms in total. The zero-order valence-corrected chi connectivity index (χ0v) is 15.8. The first-order valence-electron chi connectivity index (χ1n) is 8.66. The number of hydrogen-bond acceptors (Lipinski definition) is 5. The molecule has 0 atom stereocenters. The van der Waals surface area contributed by atoms with Gasteiger partial charge in [-0.3, -0.25) is 19.3 Å². The Hall–Kier alpha value is -3.66. The summed E-state index contributed by atoms with van der Waals surface area (Å²) in [6.07, 6.45) is 0. The van der Waals surface area contributed by atoms with E-state index in [0.29, 0.717) is 11.3 Å². The molecule has 0 aliphatic carbocycles. The van der Waals surface area contributed by atoms with Crippen LogP contribution >= 0.6 is 0 Å². The van der Waals surface area contributed by atoms with E-state index in [1.54, 1.807) is 42.5 Å². The van der Waals surface area contributed by atoms with Crippen LogP contribution in [0, 0.1) is 25.2 Å². The van der Waals surface area contributed by atoms with Gasteiger partial charge in [0, 0.05) is 11.3 Å². The quantitative estimate of drug-likeness (QED) is 0.587. The van der Waals surface area contributed by atoms with Crippen molar-refractivity contribution in [3.05, 3.63) is 65.2 Å². The summed E-state index contributed by atoms with van der Waals surface area (Å²) in [5, 5.41) is 11.4. The lowest BCUT2D eigenvalue weighted by molar-refractivity contribution is -0.146. The maximum Gasteiger partial charge on any atom is 0.325 e. The largest absolute Gasteiger partial charge is 0.454 e. The summed E-state index contributed by atoms with van der Waals surface area (Å²) in [7, 11) is 0. The zero-order valence-electron chi connectivity index (χ0n) is 15.8. The minimum atomic E-state index is -0.740. The van der Waals surface area contributed by atoms with Gasteiger partial charge >= 0.3 is 5.97 Å². The van der Waals surface area contributed by atoms with Crippen LogP contribution in [0.4, 0.5) is 5.69 Å². The van der Waals surface area contributed by atoms with Crippen LogP contribution in [0.1, 0.15) is 21.5 Å². The summed E-state index contributed by atoms with van der Waals surface area (Å²) in [5.41, 5.74) is 3.01. The van der Waals surface area contributed by atoms with E-state index in [4.69, 9.17) is 10.00 Å². The Morgan fingerprint density at radius 1 is 1.07 bits per heavy atom. The molecule has 0 heterocycles. The summed E-state index contributed by atoms with van der Waals surface area (Å²) in [4.78, 5) is 37.4. The lowest BCUT2D eigenvalue weighted by Crippen LogP contribution is -2.37.